The standard InChI is InChI=1S/C16H20N2O5S/c1-17-24(22,23)14-5-2-12(3-6-14)4-7-15(19)18-10-8-13(9-11-18)16(20)21/h2-7,13,17H,8-11H2,1H3,(H,20,21). The van der Waals surface area contributed by atoms with Crippen LogP contribution in [-0.4, -0.2) is 50.4 Å². The highest BCUT2D eigenvalue weighted by molar-refractivity contribution is 7.89. The van der Waals surface area contributed by atoms with Gasteiger partial charge in [0, 0.05) is 19.2 Å². The molecule has 1 fully saturated rings. The maximum absolute atomic E-state index is 12.1. The maximum Gasteiger partial charge on any atom is 0.306 e. The van der Waals surface area contributed by atoms with Gasteiger partial charge < -0.3 is 10.0 Å². The monoisotopic (exact) mass is 352 g/mol. The van der Waals surface area contributed by atoms with E-state index in [0.717, 1.165) is 0 Å². The van der Waals surface area contributed by atoms with Gasteiger partial charge in [-0.1, -0.05) is 12.1 Å². The van der Waals surface area contributed by atoms with Gasteiger partial charge in [0.05, 0.1) is 10.8 Å². The van der Waals surface area contributed by atoms with E-state index in [1.54, 1.807) is 23.1 Å². The van der Waals surface area contributed by atoms with Crippen molar-refractivity contribution in [1.29, 1.82) is 0 Å². The van der Waals surface area contributed by atoms with Gasteiger partial charge in [-0.2, -0.15) is 0 Å². The summed E-state index contributed by atoms with van der Waals surface area (Å²) in [5, 5.41) is 8.95. The first-order chi connectivity index (χ1) is 11.3. The van der Waals surface area contributed by atoms with Crippen LogP contribution in [0.15, 0.2) is 35.2 Å². The molecule has 0 atom stereocenters. The summed E-state index contributed by atoms with van der Waals surface area (Å²) in [4.78, 5) is 24.8. The van der Waals surface area contributed by atoms with Crippen LogP contribution in [-0.2, 0) is 19.6 Å². The normalized spacial score (nSPS) is 16.5. The predicted octanol–water partition coefficient (Wildman–Crippen LogP) is 0.931. The SMILES string of the molecule is CNS(=O)(=O)c1ccc(C=CC(=O)N2CCC(C(=O)O)CC2)cc1. The molecule has 0 radical (unpaired) electrons. The van der Waals surface area contributed by atoms with Crippen LogP contribution < -0.4 is 4.72 Å². The van der Waals surface area contributed by atoms with Crippen LogP contribution >= 0.6 is 0 Å². The van der Waals surface area contributed by atoms with Gasteiger partial charge in [-0.25, -0.2) is 13.1 Å². The summed E-state index contributed by atoms with van der Waals surface area (Å²) in [6.07, 6.45) is 3.96. The minimum absolute atomic E-state index is 0.157. The number of hydrogen-bond acceptors (Lipinski definition) is 4. The van der Waals surface area contributed by atoms with Gasteiger partial charge in [-0.05, 0) is 43.7 Å². The fourth-order valence-corrected chi connectivity index (χ4v) is 3.23. The first-order valence-corrected chi connectivity index (χ1v) is 9.05. The average Bonchev–Trinajstić information content (AvgIpc) is 2.60. The predicted molar refractivity (Wildman–Crippen MR) is 88.7 cm³/mol. The Morgan fingerprint density at radius 3 is 2.29 bits per heavy atom. The molecule has 1 amide bonds. The molecule has 24 heavy (non-hydrogen) atoms. The molecule has 1 heterocycles. The number of likely N-dealkylation sites (tertiary alicyclic amines) is 1. The molecule has 1 aromatic carbocycles. The Morgan fingerprint density at radius 2 is 1.79 bits per heavy atom. The van der Waals surface area contributed by atoms with Gasteiger partial charge in [-0.15, -0.1) is 0 Å². The number of nitrogens with zero attached hydrogens (tertiary/aromatic N) is 1. The number of hydrogen-bond donors (Lipinski definition) is 2. The zero-order chi connectivity index (χ0) is 17.7. The number of sulfonamides is 1. The van der Waals surface area contributed by atoms with Gasteiger partial charge in [0.1, 0.15) is 0 Å². The molecular formula is C16H20N2O5S. The number of nitrogens with one attached hydrogen (secondary N) is 1. The van der Waals surface area contributed by atoms with E-state index in [2.05, 4.69) is 4.72 Å². The van der Waals surface area contributed by atoms with Crippen molar-refractivity contribution < 1.29 is 23.1 Å². The van der Waals surface area contributed by atoms with Crippen molar-refractivity contribution in [1.82, 2.24) is 9.62 Å². The van der Waals surface area contributed by atoms with E-state index in [4.69, 9.17) is 5.11 Å². The zero-order valence-electron chi connectivity index (χ0n) is 13.3. The summed E-state index contributed by atoms with van der Waals surface area (Å²) in [6, 6.07) is 6.16. The van der Waals surface area contributed by atoms with Crippen molar-refractivity contribution in [2.24, 2.45) is 5.92 Å². The van der Waals surface area contributed by atoms with Crippen molar-refractivity contribution in [2.75, 3.05) is 20.1 Å². The summed E-state index contributed by atoms with van der Waals surface area (Å²) in [6.45, 7) is 0.860. The number of carbonyl (C=O) groups is 2. The van der Waals surface area contributed by atoms with Crippen LogP contribution in [0.25, 0.3) is 6.08 Å². The van der Waals surface area contributed by atoms with Crippen molar-refractivity contribution >= 4 is 28.0 Å². The zero-order valence-corrected chi connectivity index (χ0v) is 14.1. The molecule has 1 saturated heterocycles. The number of carboxylic acid groups (broad SMARTS) is 1. The summed E-state index contributed by atoms with van der Waals surface area (Å²) >= 11 is 0. The van der Waals surface area contributed by atoms with E-state index in [0.29, 0.717) is 31.5 Å². The minimum atomic E-state index is -3.47. The highest BCUT2D eigenvalue weighted by Gasteiger charge is 2.25. The summed E-state index contributed by atoms with van der Waals surface area (Å²) < 4.78 is 25.5. The van der Waals surface area contributed by atoms with Gasteiger partial charge >= 0.3 is 5.97 Å². The topological polar surface area (TPSA) is 104 Å². The summed E-state index contributed by atoms with van der Waals surface area (Å²) in [7, 11) is -2.13. The molecule has 0 aliphatic carbocycles. The smallest absolute Gasteiger partial charge is 0.306 e. The fraction of sp³-hybridized carbons (Fsp3) is 0.375. The molecule has 0 bridgehead atoms. The highest BCUT2D eigenvalue weighted by Crippen LogP contribution is 2.18. The van der Waals surface area contributed by atoms with E-state index in [1.165, 1.54) is 25.3 Å². The Bertz CT molecular complexity index is 732. The van der Waals surface area contributed by atoms with E-state index in [-0.39, 0.29) is 16.7 Å². The van der Waals surface area contributed by atoms with E-state index in [1.807, 2.05) is 0 Å². The van der Waals surface area contributed by atoms with Crippen molar-refractivity contribution in [3.05, 3.63) is 35.9 Å². The maximum atomic E-state index is 12.1. The molecule has 0 saturated carbocycles. The highest BCUT2D eigenvalue weighted by atomic mass is 32.2. The molecule has 2 rings (SSSR count). The molecule has 8 heteroatoms. The van der Waals surface area contributed by atoms with Crippen LogP contribution in [0.3, 0.4) is 0 Å². The van der Waals surface area contributed by atoms with Crippen LogP contribution in [0.5, 0.6) is 0 Å². The third kappa shape index (κ3) is 4.42. The summed E-state index contributed by atoms with van der Waals surface area (Å²) in [5.74, 6) is -1.36. The third-order valence-corrected chi connectivity index (χ3v) is 5.46. The fourth-order valence-electron chi connectivity index (χ4n) is 2.50. The number of carboxylic acids is 1. The summed E-state index contributed by atoms with van der Waals surface area (Å²) in [5.41, 5.74) is 0.707. The lowest BCUT2D eigenvalue weighted by molar-refractivity contribution is -0.144. The van der Waals surface area contributed by atoms with Gasteiger partial charge in [0.2, 0.25) is 15.9 Å². The number of carbonyl (C=O) groups excluding carboxylic acids is 1. The van der Waals surface area contributed by atoms with Crippen molar-refractivity contribution in [3.63, 3.8) is 0 Å². The number of rotatable bonds is 5. The lowest BCUT2D eigenvalue weighted by Crippen LogP contribution is -2.39. The second kappa shape index (κ2) is 7.59. The first kappa shape index (κ1) is 18.2. The number of piperidine rings is 1. The number of amides is 1. The lowest BCUT2D eigenvalue weighted by Gasteiger charge is -2.29. The molecule has 130 valence electrons. The Kier molecular flexibility index (Phi) is 5.74. The largest absolute Gasteiger partial charge is 0.481 e. The third-order valence-electron chi connectivity index (χ3n) is 4.03. The second-order valence-electron chi connectivity index (χ2n) is 5.55. The molecule has 0 aromatic heterocycles. The Labute approximate surface area is 141 Å². The second-order valence-corrected chi connectivity index (χ2v) is 7.43. The molecule has 2 N–H and O–H groups in total. The van der Waals surface area contributed by atoms with Crippen LogP contribution in [0.4, 0.5) is 0 Å². The van der Waals surface area contributed by atoms with Crippen LogP contribution in [0.1, 0.15) is 18.4 Å². The Morgan fingerprint density at radius 1 is 1.21 bits per heavy atom. The number of aliphatic carboxylic acids is 1. The van der Waals surface area contributed by atoms with E-state index in [9.17, 15) is 18.0 Å². The first-order valence-electron chi connectivity index (χ1n) is 7.57. The van der Waals surface area contributed by atoms with Crippen molar-refractivity contribution in [2.45, 2.75) is 17.7 Å². The van der Waals surface area contributed by atoms with Gasteiger partial charge in [0.25, 0.3) is 0 Å². The van der Waals surface area contributed by atoms with Crippen LogP contribution in [0, 0.1) is 5.92 Å². The van der Waals surface area contributed by atoms with Gasteiger partial charge in [-0.3, -0.25) is 9.59 Å². The molecule has 0 unspecified atom stereocenters. The Balaban J connectivity index is 1.96. The molecule has 1 aromatic rings. The number of benzene rings is 1. The minimum Gasteiger partial charge on any atom is -0.481 e. The lowest BCUT2D eigenvalue weighted by atomic mass is 9.97. The average molecular weight is 352 g/mol. The van der Waals surface area contributed by atoms with Gasteiger partial charge in [0.15, 0.2) is 0 Å². The molecule has 1 aliphatic heterocycles. The van der Waals surface area contributed by atoms with E-state index >= 15 is 0 Å². The quantitative estimate of drug-likeness (QED) is 0.767. The Hall–Kier alpha value is -2.19. The molecule has 7 nitrogen and oxygen atoms in total. The van der Waals surface area contributed by atoms with E-state index < -0.39 is 16.0 Å². The van der Waals surface area contributed by atoms with Crippen molar-refractivity contribution in [3.8, 4) is 0 Å². The van der Waals surface area contributed by atoms with Crippen LogP contribution in [0.2, 0.25) is 0 Å². The molecule has 1 aliphatic rings. The molecular weight excluding hydrogens is 332 g/mol. The molecule has 0 spiro atoms.